The van der Waals surface area contributed by atoms with E-state index in [4.69, 9.17) is 0 Å². The molecule has 0 saturated heterocycles. The Kier molecular flexibility index (Phi) is 5.74. The maximum absolute atomic E-state index is 12.4. The van der Waals surface area contributed by atoms with Crippen molar-refractivity contribution in [1.29, 1.82) is 0 Å². The molecule has 1 aromatic carbocycles. The van der Waals surface area contributed by atoms with Gasteiger partial charge in [0.1, 0.15) is 5.69 Å². The number of aromatic nitrogens is 1. The molecule has 2 aromatic rings. The molecule has 1 heterocycles. The number of aryl methyl sites for hydroxylation is 2. The zero-order valence-corrected chi connectivity index (χ0v) is 14.3. The Morgan fingerprint density at radius 1 is 1.17 bits per heavy atom. The summed E-state index contributed by atoms with van der Waals surface area (Å²) in [6.45, 7) is 9.26. The Balaban J connectivity index is 2.06. The van der Waals surface area contributed by atoms with Crippen LogP contribution in [0.25, 0.3) is 0 Å². The molecule has 4 heteroatoms. The van der Waals surface area contributed by atoms with Crippen LogP contribution in [-0.2, 0) is 0 Å². The fraction of sp³-hybridized carbons (Fsp3) is 0.368. The lowest BCUT2D eigenvalue weighted by Crippen LogP contribution is -2.15. The highest BCUT2D eigenvalue weighted by atomic mass is 16.1. The molecular weight excluding hydrogens is 286 g/mol. The molecule has 0 unspecified atom stereocenters. The highest BCUT2D eigenvalue weighted by Crippen LogP contribution is 2.18. The fourth-order valence-electron chi connectivity index (χ4n) is 2.23. The number of pyridine rings is 1. The summed E-state index contributed by atoms with van der Waals surface area (Å²) in [6.07, 6.45) is 2.75. The molecule has 0 aliphatic heterocycles. The van der Waals surface area contributed by atoms with Gasteiger partial charge >= 0.3 is 0 Å². The molecule has 0 aliphatic carbocycles. The van der Waals surface area contributed by atoms with Gasteiger partial charge in [0.15, 0.2) is 0 Å². The molecule has 23 heavy (non-hydrogen) atoms. The Bertz CT molecular complexity index is 680. The molecular formula is C19H25N3O. The van der Waals surface area contributed by atoms with Crippen molar-refractivity contribution in [2.24, 2.45) is 5.92 Å². The minimum absolute atomic E-state index is 0.189. The Morgan fingerprint density at radius 3 is 2.70 bits per heavy atom. The second-order valence-electron chi connectivity index (χ2n) is 6.31. The summed E-state index contributed by atoms with van der Waals surface area (Å²) in [5, 5.41) is 6.28. The summed E-state index contributed by atoms with van der Waals surface area (Å²) in [6, 6.07) is 9.68. The number of nitrogens with zero attached hydrogens (tertiary/aromatic N) is 1. The first-order valence-electron chi connectivity index (χ1n) is 8.04. The van der Waals surface area contributed by atoms with E-state index in [1.54, 1.807) is 12.3 Å². The van der Waals surface area contributed by atoms with Crippen LogP contribution in [0.3, 0.4) is 0 Å². The third kappa shape index (κ3) is 5.09. The molecule has 2 rings (SSSR count). The predicted molar refractivity (Wildman–Crippen MR) is 96.1 cm³/mol. The minimum Gasteiger partial charge on any atom is -0.385 e. The lowest BCUT2D eigenvalue weighted by molar-refractivity contribution is 0.102. The molecule has 1 amide bonds. The summed E-state index contributed by atoms with van der Waals surface area (Å²) in [4.78, 5) is 16.6. The van der Waals surface area contributed by atoms with Gasteiger partial charge in [-0.25, -0.2) is 0 Å². The second-order valence-corrected chi connectivity index (χ2v) is 6.31. The molecule has 4 nitrogen and oxygen atoms in total. The van der Waals surface area contributed by atoms with Gasteiger partial charge in [-0.3, -0.25) is 9.78 Å². The van der Waals surface area contributed by atoms with E-state index in [2.05, 4.69) is 29.5 Å². The molecule has 2 N–H and O–H groups in total. The first-order valence-corrected chi connectivity index (χ1v) is 8.04. The van der Waals surface area contributed by atoms with Crippen molar-refractivity contribution >= 4 is 17.3 Å². The first kappa shape index (κ1) is 17.0. The molecule has 0 fully saturated rings. The first-order chi connectivity index (χ1) is 11.0. The molecule has 122 valence electrons. The van der Waals surface area contributed by atoms with E-state index < -0.39 is 0 Å². The summed E-state index contributed by atoms with van der Waals surface area (Å²) >= 11 is 0. The van der Waals surface area contributed by atoms with Crippen molar-refractivity contribution in [2.45, 2.75) is 34.1 Å². The Hall–Kier alpha value is -2.36. The summed E-state index contributed by atoms with van der Waals surface area (Å²) in [7, 11) is 0. The van der Waals surface area contributed by atoms with Crippen molar-refractivity contribution in [2.75, 3.05) is 17.2 Å². The zero-order valence-electron chi connectivity index (χ0n) is 14.3. The second kappa shape index (κ2) is 7.77. The topological polar surface area (TPSA) is 54.0 Å². The lowest BCUT2D eigenvalue weighted by atomic mass is 10.1. The molecule has 0 saturated carbocycles. The Labute approximate surface area is 138 Å². The molecule has 0 aliphatic rings. The van der Waals surface area contributed by atoms with Crippen LogP contribution in [0.5, 0.6) is 0 Å². The Morgan fingerprint density at radius 2 is 1.96 bits per heavy atom. The van der Waals surface area contributed by atoms with E-state index in [-0.39, 0.29) is 5.91 Å². The average molecular weight is 311 g/mol. The van der Waals surface area contributed by atoms with Crippen LogP contribution >= 0.6 is 0 Å². The predicted octanol–water partition coefficient (Wildman–Crippen LogP) is 4.41. The standard InChI is InChI=1S/C19H25N3O/c1-13(2)7-9-20-16-8-10-21-18(12-16)19(23)22-17-11-14(3)5-6-15(17)4/h5-6,8,10-13H,7,9H2,1-4H3,(H,20,21)(H,22,23). The maximum Gasteiger partial charge on any atom is 0.274 e. The molecule has 0 atom stereocenters. The third-order valence-corrected chi connectivity index (χ3v) is 3.68. The van der Waals surface area contributed by atoms with E-state index in [0.717, 1.165) is 35.5 Å². The number of carbonyl (C=O) groups is 1. The monoisotopic (exact) mass is 311 g/mol. The van der Waals surface area contributed by atoms with Crippen molar-refractivity contribution in [3.05, 3.63) is 53.3 Å². The van der Waals surface area contributed by atoms with Gasteiger partial charge < -0.3 is 10.6 Å². The number of benzene rings is 1. The van der Waals surface area contributed by atoms with Gasteiger partial charge in [0, 0.05) is 24.1 Å². The lowest BCUT2D eigenvalue weighted by Gasteiger charge is -2.11. The van der Waals surface area contributed by atoms with Crippen molar-refractivity contribution < 1.29 is 4.79 Å². The third-order valence-electron chi connectivity index (χ3n) is 3.68. The highest BCUT2D eigenvalue weighted by molar-refractivity contribution is 6.03. The van der Waals surface area contributed by atoms with E-state index in [1.807, 2.05) is 38.1 Å². The number of rotatable bonds is 6. The number of amides is 1. The molecule has 1 aromatic heterocycles. The van der Waals surface area contributed by atoms with Gasteiger partial charge in [-0.05, 0) is 55.5 Å². The van der Waals surface area contributed by atoms with E-state index in [9.17, 15) is 4.79 Å². The minimum atomic E-state index is -0.189. The highest BCUT2D eigenvalue weighted by Gasteiger charge is 2.10. The number of anilines is 2. The van der Waals surface area contributed by atoms with E-state index >= 15 is 0 Å². The smallest absolute Gasteiger partial charge is 0.274 e. The van der Waals surface area contributed by atoms with E-state index in [1.165, 1.54) is 0 Å². The number of hydrogen-bond acceptors (Lipinski definition) is 3. The number of nitrogens with one attached hydrogen (secondary N) is 2. The van der Waals surface area contributed by atoms with Gasteiger partial charge in [0.2, 0.25) is 0 Å². The summed E-state index contributed by atoms with van der Waals surface area (Å²) in [5.74, 6) is 0.461. The summed E-state index contributed by atoms with van der Waals surface area (Å²) < 4.78 is 0. The molecule has 0 spiro atoms. The van der Waals surface area contributed by atoms with Crippen LogP contribution in [0, 0.1) is 19.8 Å². The summed E-state index contributed by atoms with van der Waals surface area (Å²) in [5.41, 5.74) is 4.32. The van der Waals surface area contributed by atoms with Crippen LogP contribution < -0.4 is 10.6 Å². The SMILES string of the molecule is Cc1ccc(C)c(NC(=O)c2cc(NCCC(C)C)ccn2)c1. The van der Waals surface area contributed by atoms with Crippen LogP contribution in [0.2, 0.25) is 0 Å². The van der Waals surface area contributed by atoms with Crippen LogP contribution in [-0.4, -0.2) is 17.4 Å². The maximum atomic E-state index is 12.4. The normalized spacial score (nSPS) is 10.7. The van der Waals surface area contributed by atoms with Gasteiger partial charge in [0.05, 0.1) is 0 Å². The van der Waals surface area contributed by atoms with Gasteiger partial charge in [-0.15, -0.1) is 0 Å². The van der Waals surface area contributed by atoms with Gasteiger partial charge in [-0.1, -0.05) is 26.0 Å². The largest absolute Gasteiger partial charge is 0.385 e. The van der Waals surface area contributed by atoms with E-state index in [0.29, 0.717) is 11.6 Å². The molecule has 0 radical (unpaired) electrons. The fourth-order valence-corrected chi connectivity index (χ4v) is 2.23. The van der Waals surface area contributed by atoms with Crippen molar-refractivity contribution in [3.63, 3.8) is 0 Å². The van der Waals surface area contributed by atoms with Gasteiger partial charge in [0.25, 0.3) is 5.91 Å². The number of carbonyl (C=O) groups excluding carboxylic acids is 1. The van der Waals surface area contributed by atoms with Crippen LogP contribution in [0.4, 0.5) is 11.4 Å². The molecule has 0 bridgehead atoms. The zero-order chi connectivity index (χ0) is 16.8. The van der Waals surface area contributed by atoms with Crippen molar-refractivity contribution in [3.8, 4) is 0 Å². The quantitative estimate of drug-likeness (QED) is 0.831. The average Bonchev–Trinajstić information content (AvgIpc) is 2.51. The van der Waals surface area contributed by atoms with Crippen LogP contribution in [0.15, 0.2) is 36.5 Å². The van der Waals surface area contributed by atoms with Gasteiger partial charge in [-0.2, -0.15) is 0 Å². The van der Waals surface area contributed by atoms with Crippen molar-refractivity contribution in [1.82, 2.24) is 4.98 Å². The van der Waals surface area contributed by atoms with Crippen LogP contribution in [0.1, 0.15) is 41.9 Å². The number of hydrogen-bond donors (Lipinski definition) is 2.